The van der Waals surface area contributed by atoms with E-state index in [9.17, 15) is 4.79 Å². The molecule has 0 unspecified atom stereocenters. The average Bonchev–Trinajstić information content (AvgIpc) is 2.96. The third kappa shape index (κ3) is 1.16. The molecule has 1 aromatic carbocycles. The summed E-state index contributed by atoms with van der Waals surface area (Å²) >= 11 is 0. The first-order chi connectivity index (χ1) is 8.70. The fourth-order valence-corrected chi connectivity index (χ4v) is 4.12. The smallest absolute Gasteiger partial charge is 0.233 e. The molecule has 1 aromatic rings. The SMILES string of the molecule is C=C1CC[C@]2(C1)C[C@@H]1Cc3ccccc3N1C2=O. The number of carbonyl (C=O) groups is 1. The first-order valence-corrected chi connectivity index (χ1v) is 6.78. The van der Waals surface area contributed by atoms with Crippen molar-refractivity contribution in [2.24, 2.45) is 5.41 Å². The Labute approximate surface area is 107 Å². The van der Waals surface area contributed by atoms with E-state index < -0.39 is 0 Å². The molecule has 1 saturated carbocycles. The van der Waals surface area contributed by atoms with Crippen LogP contribution in [0, 0.1) is 5.41 Å². The van der Waals surface area contributed by atoms with Crippen molar-refractivity contribution in [1.29, 1.82) is 0 Å². The van der Waals surface area contributed by atoms with Gasteiger partial charge in [0.15, 0.2) is 0 Å². The Kier molecular flexibility index (Phi) is 1.87. The summed E-state index contributed by atoms with van der Waals surface area (Å²) in [6.07, 6.45) is 5.03. The molecule has 2 aliphatic heterocycles. The Bertz CT molecular complexity index is 562. The molecule has 2 nitrogen and oxygen atoms in total. The van der Waals surface area contributed by atoms with E-state index in [1.807, 2.05) is 6.07 Å². The third-order valence-electron chi connectivity index (χ3n) is 4.92. The Balaban J connectivity index is 1.76. The lowest BCUT2D eigenvalue weighted by Gasteiger charge is -2.22. The summed E-state index contributed by atoms with van der Waals surface area (Å²) in [5.74, 6) is 0.358. The molecular weight excluding hydrogens is 222 g/mol. The largest absolute Gasteiger partial charge is 0.308 e. The molecule has 3 aliphatic rings. The lowest BCUT2D eigenvalue weighted by Crippen LogP contribution is -2.33. The molecule has 1 aliphatic carbocycles. The van der Waals surface area contributed by atoms with Gasteiger partial charge in [0, 0.05) is 11.7 Å². The standard InChI is InChI=1S/C16H17NO/c1-11-6-7-16(9-11)10-13-8-12-4-2-3-5-14(12)17(13)15(16)18/h2-5,13H,1,6-10H2/t13-,16-/m0/s1. The molecule has 1 amide bonds. The van der Waals surface area contributed by atoms with E-state index in [0.717, 1.165) is 37.8 Å². The van der Waals surface area contributed by atoms with Crippen LogP contribution in [0.4, 0.5) is 5.69 Å². The van der Waals surface area contributed by atoms with Crippen LogP contribution in [0.5, 0.6) is 0 Å². The van der Waals surface area contributed by atoms with E-state index in [1.54, 1.807) is 0 Å². The molecule has 4 rings (SSSR count). The zero-order chi connectivity index (χ0) is 12.3. The van der Waals surface area contributed by atoms with E-state index in [1.165, 1.54) is 11.1 Å². The third-order valence-corrected chi connectivity index (χ3v) is 4.92. The van der Waals surface area contributed by atoms with Crippen LogP contribution >= 0.6 is 0 Å². The Morgan fingerprint density at radius 1 is 1.33 bits per heavy atom. The predicted octanol–water partition coefficient (Wildman–Crippen LogP) is 3.07. The summed E-state index contributed by atoms with van der Waals surface area (Å²) in [5.41, 5.74) is 3.65. The van der Waals surface area contributed by atoms with Gasteiger partial charge in [-0.3, -0.25) is 4.79 Å². The Morgan fingerprint density at radius 2 is 2.17 bits per heavy atom. The van der Waals surface area contributed by atoms with Crippen molar-refractivity contribution in [2.45, 2.75) is 38.1 Å². The first-order valence-electron chi connectivity index (χ1n) is 6.78. The first kappa shape index (κ1) is 10.4. The second-order valence-electron chi connectivity index (χ2n) is 6.07. The highest BCUT2D eigenvalue weighted by atomic mass is 16.2. The average molecular weight is 239 g/mol. The van der Waals surface area contributed by atoms with Crippen LogP contribution in [0.25, 0.3) is 0 Å². The topological polar surface area (TPSA) is 20.3 Å². The lowest BCUT2D eigenvalue weighted by molar-refractivity contribution is -0.125. The van der Waals surface area contributed by atoms with Crippen LogP contribution in [0.15, 0.2) is 36.4 Å². The van der Waals surface area contributed by atoms with Gasteiger partial charge in [-0.15, -0.1) is 0 Å². The van der Waals surface area contributed by atoms with Crippen LogP contribution in [0.2, 0.25) is 0 Å². The molecule has 1 spiro atoms. The van der Waals surface area contributed by atoms with Gasteiger partial charge in [-0.1, -0.05) is 30.4 Å². The maximum absolute atomic E-state index is 12.8. The number of amides is 1. The molecule has 2 fully saturated rings. The van der Waals surface area contributed by atoms with Gasteiger partial charge in [0.05, 0.1) is 5.41 Å². The number of anilines is 1. The molecule has 0 N–H and O–H groups in total. The van der Waals surface area contributed by atoms with Gasteiger partial charge in [-0.25, -0.2) is 0 Å². The number of nitrogens with zero attached hydrogens (tertiary/aromatic N) is 1. The summed E-state index contributed by atoms with van der Waals surface area (Å²) in [4.78, 5) is 14.9. The summed E-state index contributed by atoms with van der Waals surface area (Å²) in [5, 5.41) is 0. The summed E-state index contributed by atoms with van der Waals surface area (Å²) in [6.45, 7) is 4.08. The number of carbonyl (C=O) groups excluding carboxylic acids is 1. The van der Waals surface area contributed by atoms with Crippen molar-refractivity contribution in [3.05, 3.63) is 42.0 Å². The fourth-order valence-electron chi connectivity index (χ4n) is 4.12. The molecule has 0 bridgehead atoms. The molecular formula is C16H17NO. The summed E-state index contributed by atoms with van der Waals surface area (Å²) in [6, 6.07) is 8.75. The Hall–Kier alpha value is -1.57. The highest BCUT2D eigenvalue weighted by Crippen LogP contribution is 2.54. The minimum absolute atomic E-state index is 0.102. The van der Waals surface area contributed by atoms with Crippen LogP contribution in [-0.2, 0) is 11.2 Å². The zero-order valence-corrected chi connectivity index (χ0v) is 10.5. The minimum atomic E-state index is -0.102. The highest BCUT2D eigenvalue weighted by Gasteiger charge is 2.55. The zero-order valence-electron chi connectivity index (χ0n) is 10.5. The summed E-state index contributed by atoms with van der Waals surface area (Å²) < 4.78 is 0. The van der Waals surface area contributed by atoms with Gasteiger partial charge in [-0.05, 0) is 43.7 Å². The lowest BCUT2D eigenvalue weighted by atomic mass is 9.82. The van der Waals surface area contributed by atoms with Crippen molar-refractivity contribution >= 4 is 11.6 Å². The van der Waals surface area contributed by atoms with Gasteiger partial charge in [0.2, 0.25) is 5.91 Å². The molecule has 2 atom stereocenters. The highest BCUT2D eigenvalue weighted by molar-refractivity contribution is 6.03. The minimum Gasteiger partial charge on any atom is -0.308 e. The molecule has 0 aromatic heterocycles. The van der Waals surface area contributed by atoms with Crippen molar-refractivity contribution in [3.63, 3.8) is 0 Å². The predicted molar refractivity (Wildman–Crippen MR) is 71.5 cm³/mol. The second kappa shape index (κ2) is 3.25. The quantitative estimate of drug-likeness (QED) is 0.637. The molecule has 2 heteroatoms. The fraction of sp³-hybridized carbons (Fsp3) is 0.438. The second-order valence-corrected chi connectivity index (χ2v) is 6.07. The molecule has 2 heterocycles. The van der Waals surface area contributed by atoms with Crippen LogP contribution < -0.4 is 4.90 Å². The molecule has 92 valence electrons. The number of hydrogen-bond acceptors (Lipinski definition) is 1. The van der Waals surface area contributed by atoms with Gasteiger partial charge >= 0.3 is 0 Å². The van der Waals surface area contributed by atoms with Crippen LogP contribution in [-0.4, -0.2) is 11.9 Å². The van der Waals surface area contributed by atoms with E-state index in [0.29, 0.717) is 11.9 Å². The number of para-hydroxylation sites is 1. The van der Waals surface area contributed by atoms with Crippen LogP contribution in [0.1, 0.15) is 31.2 Å². The monoisotopic (exact) mass is 239 g/mol. The van der Waals surface area contributed by atoms with Crippen LogP contribution in [0.3, 0.4) is 0 Å². The van der Waals surface area contributed by atoms with Crippen molar-refractivity contribution < 1.29 is 4.79 Å². The van der Waals surface area contributed by atoms with Crippen molar-refractivity contribution in [1.82, 2.24) is 0 Å². The van der Waals surface area contributed by atoms with Gasteiger partial charge in [0.1, 0.15) is 0 Å². The van der Waals surface area contributed by atoms with E-state index in [2.05, 4.69) is 29.7 Å². The van der Waals surface area contributed by atoms with Crippen molar-refractivity contribution in [2.75, 3.05) is 4.90 Å². The number of allylic oxidation sites excluding steroid dienone is 1. The van der Waals surface area contributed by atoms with E-state index >= 15 is 0 Å². The van der Waals surface area contributed by atoms with Gasteiger partial charge in [-0.2, -0.15) is 0 Å². The maximum atomic E-state index is 12.8. The van der Waals surface area contributed by atoms with Gasteiger partial charge in [0.25, 0.3) is 0 Å². The molecule has 18 heavy (non-hydrogen) atoms. The van der Waals surface area contributed by atoms with Crippen molar-refractivity contribution in [3.8, 4) is 0 Å². The van der Waals surface area contributed by atoms with Gasteiger partial charge < -0.3 is 4.90 Å². The number of fused-ring (bicyclic) bond motifs is 3. The maximum Gasteiger partial charge on any atom is 0.233 e. The Morgan fingerprint density at radius 3 is 2.94 bits per heavy atom. The molecule has 1 saturated heterocycles. The number of rotatable bonds is 0. The number of hydrogen-bond donors (Lipinski definition) is 0. The van der Waals surface area contributed by atoms with E-state index in [4.69, 9.17) is 0 Å². The number of benzene rings is 1. The van der Waals surface area contributed by atoms with E-state index in [-0.39, 0.29) is 5.41 Å². The normalized spacial score (nSPS) is 33.3. The summed E-state index contributed by atoms with van der Waals surface area (Å²) in [7, 11) is 0. The molecule has 0 radical (unpaired) electrons.